The van der Waals surface area contributed by atoms with Crippen LogP contribution in [0.3, 0.4) is 0 Å². The van der Waals surface area contributed by atoms with Crippen LogP contribution in [0.25, 0.3) is 0 Å². The van der Waals surface area contributed by atoms with E-state index in [4.69, 9.17) is 21.4 Å². The predicted molar refractivity (Wildman–Crippen MR) is 105 cm³/mol. The van der Waals surface area contributed by atoms with Crippen LogP contribution < -0.4 is 9.75 Å². The molecule has 0 saturated carbocycles. The summed E-state index contributed by atoms with van der Waals surface area (Å²) in [5, 5.41) is 9.82. The van der Waals surface area contributed by atoms with Crippen LogP contribution in [0.5, 0.6) is 5.75 Å². The van der Waals surface area contributed by atoms with E-state index >= 15 is 0 Å². The molecule has 0 saturated heterocycles. The molecule has 4 rings (SSSR count). The highest BCUT2D eigenvalue weighted by Gasteiger charge is 2.30. The zero-order chi connectivity index (χ0) is 17.2. The van der Waals surface area contributed by atoms with Crippen LogP contribution in [0.1, 0.15) is 22.9 Å². The summed E-state index contributed by atoms with van der Waals surface area (Å²) in [5.74, 6) is 0.860. The van der Waals surface area contributed by atoms with E-state index in [9.17, 15) is 0 Å². The molecule has 2 aromatic carbocycles. The Labute approximate surface area is 156 Å². The molecular weight excluding hydrogens is 352 g/mol. The molecule has 0 bridgehead atoms. The van der Waals surface area contributed by atoms with Gasteiger partial charge in [0, 0.05) is 11.4 Å². The number of methoxy groups -OCH3 is 1. The number of hydrogen-bond donors (Lipinski definition) is 0. The summed E-state index contributed by atoms with van der Waals surface area (Å²) >= 11 is 7.77. The lowest BCUT2D eigenvalue weighted by Gasteiger charge is -2.24. The number of rotatable bonds is 4. The molecule has 126 valence electrons. The minimum atomic E-state index is 0.157. The number of nitrogens with zero attached hydrogens (tertiary/aromatic N) is 2. The van der Waals surface area contributed by atoms with Gasteiger partial charge in [0.15, 0.2) is 0 Å². The maximum absolute atomic E-state index is 6.05. The Balaban J connectivity index is 1.72. The van der Waals surface area contributed by atoms with Crippen LogP contribution in [0.15, 0.2) is 71.1 Å². The van der Waals surface area contributed by atoms with Crippen molar-refractivity contribution in [2.24, 2.45) is 5.10 Å². The van der Waals surface area contributed by atoms with Crippen molar-refractivity contribution in [3.05, 3.63) is 81.5 Å². The predicted octanol–water partition coefficient (Wildman–Crippen LogP) is 5.77. The fraction of sp³-hybridized carbons (Fsp3) is 0.150. The van der Waals surface area contributed by atoms with Gasteiger partial charge >= 0.3 is 0 Å². The molecule has 3 aromatic rings. The Morgan fingerprint density at radius 3 is 2.48 bits per heavy atom. The summed E-state index contributed by atoms with van der Waals surface area (Å²) in [6, 6.07) is 20.4. The molecule has 25 heavy (non-hydrogen) atoms. The van der Waals surface area contributed by atoms with Crippen molar-refractivity contribution >= 4 is 34.3 Å². The van der Waals surface area contributed by atoms with Gasteiger partial charge in [-0.3, -0.25) is 5.01 Å². The first-order valence-corrected chi connectivity index (χ1v) is 9.30. The molecule has 1 aliphatic rings. The van der Waals surface area contributed by atoms with Crippen LogP contribution >= 0.6 is 22.9 Å². The molecule has 3 nitrogen and oxygen atoms in total. The summed E-state index contributed by atoms with van der Waals surface area (Å²) in [5.41, 5.74) is 3.37. The zero-order valence-electron chi connectivity index (χ0n) is 13.7. The highest BCUT2D eigenvalue weighted by atomic mass is 35.5. The SMILES string of the molecule is COc1ccc(C2CC(c3cccs3)=NN2c2ccc(Cl)cc2)cc1. The van der Waals surface area contributed by atoms with Crippen LogP contribution in [0.2, 0.25) is 5.02 Å². The number of hydrogen-bond acceptors (Lipinski definition) is 4. The van der Waals surface area contributed by atoms with Crippen LogP contribution in [-0.4, -0.2) is 12.8 Å². The van der Waals surface area contributed by atoms with Gasteiger partial charge in [-0.05, 0) is 53.4 Å². The number of halogens is 1. The molecule has 1 aromatic heterocycles. The Morgan fingerprint density at radius 1 is 1.08 bits per heavy atom. The van der Waals surface area contributed by atoms with Gasteiger partial charge in [0.1, 0.15) is 5.75 Å². The van der Waals surface area contributed by atoms with E-state index in [1.54, 1.807) is 18.4 Å². The van der Waals surface area contributed by atoms with Gasteiger partial charge in [-0.2, -0.15) is 5.10 Å². The van der Waals surface area contributed by atoms with Gasteiger partial charge in [0.25, 0.3) is 0 Å². The van der Waals surface area contributed by atoms with E-state index in [2.05, 4.69) is 34.7 Å². The van der Waals surface area contributed by atoms with E-state index in [1.165, 1.54) is 10.4 Å². The Hall–Kier alpha value is -2.30. The zero-order valence-corrected chi connectivity index (χ0v) is 15.3. The lowest BCUT2D eigenvalue weighted by molar-refractivity contribution is 0.414. The molecule has 1 atom stereocenters. The first-order chi connectivity index (χ1) is 12.2. The lowest BCUT2D eigenvalue weighted by Crippen LogP contribution is -2.18. The van der Waals surface area contributed by atoms with Crippen molar-refractivity contribution in [3.63, 3.8) is 0 Å². The smallest absolute Gasteiger partial charge is 0.118 e. The standard InChI is InChI=1S/C20H17ClN2OS/c1-24-17-10-4-14(5-11-17)19-13-18(20-3-2-12-25-20)22-23(19)16-8-6-15(21)7-9-16/h2-12,19H,13H2,1H3. The molecule has 2 heterocycles. The Kier molecular flexibility index (Phi) is 4.47. The second-order valence-corrected chi connectivity index (χ2v) is 7.22. The third-order valence-corrected chi connectivity index (χ3v) is 5.48. The number of anilines is 1. The van der Waals surface area contributed by atoms with Gasteiger partial charge in [-0.25, -0.2) is 0 Å². The second-order valence-electron chi connectivity index (χ2n) is 5.84. The number of ether oxygens (including phenoxy) is 1. The average Bonchev–Trinajstić information content (AvgIpc) is 3.32. The van der Waals surface area contributed by atoms with Gasteiger partial charge in [0.05, 0.1) is 29.4 Å². The van der Waals surface area contributed by atoms with Crippen molar-refractivity contribution in [1.29, 1.82) is 0 Å². The Morgan fingerprint density at radius 2 is 1.84 bits per heavy atom. The number of thiophene rings is 1. The van der Waals surface area contributed by atoms with E-state index < -0.39 is 0 Å². The summed E-state index contributed by atoms with van der Waals surface area (Å²) in [6.45, 7) is 0. The third kappa shape index (κ3) is 3.28. The van der Waals surface area contributed by atoms with Crippen LogP contribution in [0, 0.1) is 0 Å². The summed E-state index contributed by atoms with van der Waals surface area (Å²) in [6.07, 6.45) is 0.871. The van der Waals surface area contributed by atoms with Crippen molar-refractivity contribution in [2.45, 2.75) is 12.5 Å². The summed E-state index contributed by atoms with van der Waals surface area (Å²) in [7, 11) is 1.68. The highest BCUT2D eigenvalue weighted by molar-refractivity contribution is 7.12. The van der Waals surface area contributed by atoms with E-state index in [0.29, 0.717) is 0 Å². The maximum atomic E-state index is 6.05. The molecule has 0 radical (unpaired) electrons. The van der Waals surface area contributed by atoms with E-state index in [0.717, 1.165) is 28.6 Å². The van der Waals surface area contributed by atoms with Crippen molar-refractivity contribution in [2.75, 3.05) is 12.1 Å². The lowest BCUT2D eigenvalue weighted by atomic mass is 10.0. The van der Waals surface area contributed by atoms with Gasteiger partial charge < -0.3 is 4.74 Å². The molecule has 0 spiro atoms. The van der Waals surface area contributed by atoms with Crippen LogP contribution in [0.4, 0.5) is 5.69 Å². The normalized spacial score (nSPS) is 16.8. The fourth-order valence-electron chi connectivity index (χ4n) is 3.02. The van der Waals surface area contributed by atoms with Gasteiger partial charge in [0.2, 0.25) is 0 Å². The number of hydrazone groups is 1. The molecule has 1 aliphatic heterocycles. The minimum Gasteiger partial charge on any atom is -0.497 e. The average molecular weight is 369 g/mol. The molecule has 0 amide bonds. The van der Waals surface area contributed by atoms with Gasteiger partial charge in [-0.1, -0.05) is 29.8 Å². The molecular formula is C20H17ClN2OS. The van der Waals surface area contributed by atoms with E-state index in [-0.39, 0.29) is 6.04 Å². The van der Waals surface area contributed by atoms with E-state index in [1.807, 2.05) is 36.4 Å². The Bertz CT molecular complexity index is 873. The third-order valence-electron chi connectivity index (χ3n) is 4.31. The number of benzene rings is 2. The molecule has 0 aliphatic carbocycles. The molecule has 0 fully saturated rings. The quantitative estimate of drug-likeness (QED) is 0.584. The van der Waals surface area contributed by atoms with Crippen molar-refractivity contribution < 1.29 is 4.74 Å². The molecule has 5 heteroatoms. The first kappa shape index (κ1) is 16.2. The monoisotopic (exact) mass is 368 g/mol. The molecule has 0 N–H and O–H groups in total. The van der Waals surface area contributed by atoms with Crippen molar-refractivity contribution in [1.82, 2.24) is 0 Å². The summed E-state index contributed by atoms with van der Waals surface area (Å²) < 4.78 is 5.28. The summed E-state index contributed by atoms with van der Waals surface area (Å²) in [4.78, 5) is 1.22. The van der Waals surface area contributed by atoms with Crippen LogP contribution in [-0.2, 0) is 0 Å². The largest absolute Gasteiger partial charge is 0.497 e. The first-order valence-electron chi connectivity index (χ1n) is 8.05. The van der Waals surface area contributed by atoms with Crippen molar-refractivity contribution in [3.8, 4) is 5.75 Å². The van der Waals surface area contributed by atoms with Gasteiger partial charge in [-0.15, -0.1) is 11.3 Å². The topological polar surface area (TPSA) is 24.8 Å². The minimum absolute atomic E-state index is 0.157. The highest BCUT2D eigenvalue weighted by Crippen LogP contribution is 2.38. The fourth-order valence-corrected chi connectivity index (χ4v) is 3.87. The maximum Gasteiger partial charge on any atom is 0.118 e. The second kappa shape index (κ2) is 6.90. The molecule has 1 unspecified atom stereocenters.